The average molecular weight is 267 g/mol. The lowest BCUT2D eigenvalue weighted by atomic mass is 9.98. The zero-order valence-corrected chi connectivity index (χ0v) is 13.1. The minimum absolute atomic E-state index is 0.00879. The monoisotopic (exact) mass is 267 g/mol. The number of hydrogen-bond acceptors (Lipinski definition) is 3. The fraction of sp³-hybridized carbons (Fsp3) is 0.750. The van der Waals surface area contributed by atoms with Crippen LogP contribution in [0, 0.1) is 5.92 Å². The molecule has 0 fully saturated rings. The molecule has 1 N–H and O–H groups in total. The van der Waals surface area contributed by atoms with Crippen LogP contribution in [0.4, 0.5) is 0 Å². The van der Waals surface area contributed by atoms with Crippen molar-refractivity contribution in [3.05, 3.63) is 11.1 Å². The Hall–Kier alpha value is -0.960. The van der Waals surface area contributed by atoms with Gasteiger partial charge in [-0.1, -0.05) is 27.2 Å². The van der Waals surface area contributed by atoms with Crippen molar-refractivity contribution in [1.82, 2.24) is 5.32 Å². The molecule has 0 aliphatic heterocycles. The lowest BCUT2D eigenvalue weighted by Crippen LogP contribution is -2.25. The molecule has 0 saturated carbocycles. The van der Waals surface area contributed by atoms with Gasteiger partial charge in [-0.3, -0.25) is 9.59 Å². The van der Waals surface area contributed by atoms with Crippen molar-refractivity contribution in [1.29, 1.82) is 0 Å². The van der Waals surface area contributed by atoms with E-state index in [1.807, 2.05) is 0 Å². The molecule has 3 heteroatoms. The minimum atomic E-state index is -0.00879. The van der Waals surface area contributed by atoms with Crippen LogP contribution in [0.1, 0.15) is 60.3 Å². The van der Waals surface area contributed by atoms with Gasteiger partial charge in [-0.05, 0) is 44.7 Å². The van der Waals surface area contributed by atoms with Gasteiger partial charge in [-0.25, -0.2) is 0 Å². The lowest BCUT2D eigenvalue weighted by Gasteiger charge is -2.12. The SMILES string of the molecule is CCCCC(=O)/C(CNCCC(C)C)=C(/C)C(C)=O. The summed E-state index contributed by atoms with van der Waals surface area (Å²) in [5, 5.41) is 3.28. The van der Waals surface area contributed by atoms with E-state index >= 15 is 0 Å². The van der Waals surface area contributed by atoms with Gasteiger partial charge in [0.15, 0.2) is 11.6 Å². The molecule has 3 nitrogen and oxygen atoms in total. The van der Waals surface area contributed by atoms with Crippen molar-refractivity contribution >= 4 is 11.6 Å². The van der Waals surface area contributed by atoms with Crippen LogP contribution >= 0.6 is 0 Å². The van der Waals surface area contributed by atoms with Gasteiger partial charge in [0.2, 0.25) is 0 Å². The predicted molar refractivity (Wildman–Crippen MR) is 80.2 cm³/mol. The minimum Gasteiger partial charge on any atom is -0.313 e. The van der Waals surface area contributed by atoms with Crippen LogP contribution in [0.3, 0.4) is 0 Å². The van der Waals surface area contributed by atoms with Gasteiger partial charge in [0.05, 0.1) is 0 Å². The highest BCUT2D eigenvalue weighted by Crippen LogP contribution is 2.11. The summed E-state index contributed by atoms with van der Waals surface area (Å²) < 4.78 is 0. The van der Waals surface area contributed by atoms with E-state index in [4.69, 9.17) is 0 Å². The van der Waals surface area contributed by atoms with Crippen molar-refractivity contribution < 1.29 is 9.59 Å². The molecule has 19 heavy (non-hydrogen) atoms. The van der Waals surface area contributed by atoms with Crippen LogP contribution in [0.15, 0.2) is 11.1 Å². The summed E-state index contributed by atoms with van der Waals surface area (Å²) >= 11 is 0. The molecule has 0 amide bonds. The van der Waals surface area contributed by atoms with E-state index < -0.39 is 0 Å². The summed E-state index contributed by atoms with van der Waals surface area (Å²) in [6.45, 7) is 11.1. The Morgan fingerprint density at radius 3 is 2.26 bits per heavy atom. The molecule has 0 atom stereocenters. The van der Waals surface area contributed by atoms with Gasteiger partial charge in [-0.2, -0.15) is 0 Å². The molecule has 110 valence electrons. The van der Waals surface area contributed by atoms with Crippen molar-refractivity contribution in [3.8, 4) is 0 Å². The highest BCUT2D eigenvalue weighted by molar-refractivity contribution is 6.05. The number of nitrogens with one attached hydrogen (secondary N) is 1. The normalized spacial score (nSPS) is 12.5. The van der Waals surface area contributed by atoms with Gasteiger partial charge >= 0.3 is 0 Å². The Kier molecular flexibility index (Phi) is 9.40. The molecule has 0 rings (SSSR count). The molecule has 0 aliphatic carbocycles. The highest BCUT2D eigenvalue weighted by Gasteiger charge is 2.14. The van der Waals surface area contributed by atoms with Crippen LogP contribution in [-0.2, 0) is 9.59 Å². The van der Waals surface area contributed by atoms with Crippen LogP contribution < -0.4 is 5.32 Å². The van der Waals surface area contributed by atoms with Crippen LogP contribution in [0.5, 0.6) is 0 Å². The number of unbranched alkanes of at least 4 members (excludes halogenated alkanes) is 1. The van der Waals surface area contributed by atoms with Gasteiger partial charge in [0.1, 0.15) is 0 Å². The predicted octanol–water partition coefficient (Wildman–Crippen LogP) is 3.29. The number of allylic oxidation sites excluding steroid dienone is 1. The van der Waals surface area contributed by atoms with Crippen molar-refractivity contribution in [2.24, 2.45) is 5.92 Å². The molecule has 0 aromatic rings. The summed E-state index contributed by atoms with van der Waals surface area (Å²) in [6, 6.07) is 0. The molecular weight excluding hydrogens is 238 g/mol. The van der Waals surface area contributed by atoms with E-state index in [1.54, 1.807) is 6.92 Å². The van der Waals surface area contributed by atoms with E-state index in [9.17, 15) is 9.59 Å². The van der Waals surface area contributed by atoms with Crippen molar-refractivity contribution in [3.63, 3.8) is 0 Å². The number of Topliss-reactive ketones (excluding diaryl/α,β-unsaturated/α-hetero) is 2. The molecule has 0 heterocycles. The molecule has 0 aliphatic rings. The number of hydrogen-bond donors (Lipinski definition) is 1. The summed E-state index contributed by atoms with van der Waals surface area (Å²) in [4.78, 5) is 23.6. The molecule has 0 aromatic carbocycles. The fourth-order valence-corrected chi connectivity index (χ4v) is 1.75. The summed E-state index contributed by atoms with van der Waals surface area (Å²) in [6.07, 6.45) is 3.51. The maximum Gasteiger partial charge on any atom is 0.160 e. The van der Waals surface area contributed by atoms with E-state index in [2.05, 4.69) is 26.1 Å². The van der Waals surface area contributed by atoms with Gasteiger partial charge in [0, 0.05) is 18.5 Å². The van der Waals surface area contributed by atoms with Crippen LogP contribution in [0.25, 0.3) is 0 Å². The molecule has 0 radical (unpaired) electrons. The Balaban J connectivity index is 4.57. The number of carbonyl (C=O) groups is 2. The van der Waals surface area contributed by atoms with E-state index in [0.717, 1.165) is 25.8 Å². The average Bonchev–Trinajstić information content (AvgIpc) is 2.34. The quantitative estimate of drug-likeness (QED) is 0.488. The Morgan fingerprint density at radius 2 is 1.79 bits per heavy atom. The van der Waals surface area contributed by atoms with Gasteiger partial charge in [-0.15, -0.1) is 0 Å². The smallest absolute Gasteiger partial charge is 0.160 e. The van der Waals surface area contributed by atoms with Gasteiger partial charge in [0.25, 0.3) is 0 Å². The van der Waals surface area contributed by atoms with E-state index in [-0.39, 0.29) is 11.6 Å². The Morgan fingerprint density at radius 1 is 1.16 bits per heavy atom. The van der Waals surface area contributed by atoms with Crippen LogP contribution in [-0.4, -0.2) is 24.7 Å². The molecule has 0 bridgehead atoms. The molecule has 0 aromatic heterocycles. The zero-order chi connectivity index (χ0) is 14.8. The van der Waals surface area contributed by atoms with Gasteiger partial charge < -0.3 is 5.32 Å². The zero-order valence-electron chi connectivity index (χ0n) is 13.1. The number of carbonyl (C=O) groups excluding carboxylic acids is 2. The first-order valence-electron chi connectivity index (χ1n) is 7.34. The molecule has 0 spiro atoms. The standard InChI is InChI=1S/C16H29NO2/c1-6-7-8-16(19)15(13(4)14(5)18)11-17-10-9-12(2)3/h12,17H,6-11H2,1-5H3/b15-13-. The second-order valence-electron chi connectivity index (χ2n) is 5.55. The molecule has 0 unspecified atom stereocenters. The summed E-state index contributed by atoms with van der Waals surface area (Å²) in [5.74, 6) is 0.752. The Bertz CT molecular complexity index is 330. The fourth-order valence-electron chi connectivity index (χ4n) is 1.75. The third-order valence-corrected chi connectivity index (χ3v) is 3.27. The third-order valence-electron chi connectivity index (χ3n) is 3.27. The summed E-state index contributed by atoms with van der Waals surface area (Å²) in [5.41, 5.74) is 1.28. The summed E-state index contributed by atoms with van der Waals surface area (Å²) in [7, 11) is 0. The maximum absolute atomic E-state index is 12.1. The third kappa shape index (κ3) is 7.93. The van der Waals surface area contributed by atoms with Crippen LogP contribution in [0.2, 0.25) is 0 Å². The highest BCUT2D eigenvalue weighted by atomic mass is 16.1. The Labute approximate surface area is 117 Å². The topological polar surface area (TPSA) is 46.2 Å². The first-order chi connectivity index (χ1) is 8.90. The number of ketones is 2. The maximum atomic E-state index is 12.1. The first-order valence-corrected chi connectivity index (χ1v) is 7.34. The molecular formula is C16H29NO2. The largest absolute Gasteiger partial charge is 0.313 e. The number of rotatable bonds is 10. The second kappa shape index (κ2) is 9.90. The van der Waals surface area contributed by atoms with E-state index in [1.165, 1.54) is 6.92 Å². The lowest BCUT2D eigenvalue weighted by molar-refractivity contribution is -0.117. The first kappa shape index (κ1) is 18.0. The van der Waals surface area contributed by atoms with Crippen molar-refractivity contribution in [2.45, 2.75) is 60.3 Å². The van der Waals surface area contributed by atoms with E-state index in [0.29, 0.717) is 30.0 Å². The second-order valence-corrected chi connectivity index (χ2v) is 5.55. The van der Waals surface area contributed by atoms with Crippen molar-refractivity contribution in [2.75, 3.05) is 13.1 Å². The molecule has 0 saturated heterocycles.